The number of ether oxygens (including phenoxy) is 1. The van der Waals surface area contributed by atoms with Crippen molar-refractivity contribution < 1.29 is 22.7 Å². The average Bonchev–Trinajstić information content (AvgIpc) is 3.36. The number of fused-ring (bicyclic) bond motifs is 1. The molecule has 4 aromatic rings. The van der Waals surface area contributed by atoms with Crippen molar-refractivity contribution in [1.82, 2.24) is 4.98 Å². The molecule has 2 aromatic carbocycles. The van der Waals surface area contributed by atoms with Gasteiger partial charge in [0.2, 0.25) is 5.91 Å². The molecule has 0 N–H and O–H groups in total. The summed E-state index contributed by atoms with van der Waals surface area (Å²) in [5, 5.41) is 0.277. The summed E-state index contributed by atoms with van der Waals surface area (Å²) >= 11 is 1.05. The molecule has 148 valence electrons. The van der Waals surface area contributed by atoms with E-state index >= 15 is 0 Å². The Morgan fingerprint density at radius 1 is 1.21 bits per heavy atom. The van der Waals surface area contributed by atoms with E-state index in [0.29, 0.717) is 16.2 Å². The number of nitrogens with zero attached hydrogens (tertiary/aromatic N) is 2. The molecule has 2 aromatic heterocycles. The minimum absolute atomic E-state index is 0.0353. The Labute approximate surface area is 169 Å². The van der Waals surface area contributed by atoms with Gasteiger partial charge in [0.05, 0.1) is 31.0 Å². The number of rotatable bonds is 6. The second-order valence-electron chi connectivity index (χ2n) is 6.31. The molecule has 1 amide bonds. The first-order valence-corrected chi connectivity index (χ1v) is 9.56. The van der Waals surface area contributed by atoms with Crippen molar-refractivity contribution in [3.63, 3.8) is 0 Å². The number of halogens is 2. The first-order valence-electron chi connectivity index (χ1n) is 8.75. The number of hydrogen-bond donors (Lipinski definition) is 0. The van der Waals surface area contributed by atoms with Crippen LogP contribution in [0, 0.1) is 11.6 Å². The van der Waals surface area contributed by atoms with Gasteiger partial charge in [0.25, 0.3) is 0 Å². The topological polar surface area (TPSA) is 55.6 Å². The number of carbonyl (C=O) groups excluding carboxylic acids is 1. The summed E-state index contributed by atoms with van der Waals surface area (Å²) in [4.78, 5) is 18.7. The number of amides is 1. The van der Waals surface area contributed by atoms with Crippen LogP contribution >= 0.6 is 11.3 Å². The van der Waals surface area contributed by atoms with Crippen molar-refractivity contribution in [3.8, 4) is 5.75 Å². The van der Waals surface area contributed by atoms with Crippen LogP contribution in [-0.2, 0) is 17.8 Å². The molecular weight excluding hydrogens is 398 g/mol. The number of carbonyl (C=O) groups is 1. The molecule has 0 radical (unpaired) electrons. The summed E-state index contributed by atoms with van der Waals surface area (Å²) in [7, 11) is 1.57. The normalized spacial score (nSPS) is 11.0. The summed E-state index contributed by atoms with van der Waals surface area (Å²) in [6.07, 6.45) is 1.62. The Kier molecular flexibility index (Phi) is 5.26. The standard InChI is InChI=1S/C21H16F2N2O3S/c1-27-15-6-4-13(5-7-15)9-19(26)25(12-16-3-2-8-28-16)21-24-20-17(23)10-14(22)11-18(20)29-21/h2-8,10-11H,9,12H2,1H3. The third-order valence-corrected chi connectivity index (χ3v) is 5.37. The van der Waals surface area contributed by atoms with Crippen molar-refractivity contribution >= 4 is 32.6 Å². The fraction of sp³-hybridized carbons (Fsp3) is 0.143. The lowest BCUT2D eigenvalue weighted by atomic mass is 10.1. The quantitative estimate of drug-likeness (QED) is 0.448. The molecule has 0 aliphatic carbocycles. The first kappa shape index (κ1) is 19.1. The second-order valence-corrected chi connectivity index (χ2v) is 7.32. The van der Waals surface area contributed by atoms with Gasteiger partial charge in [-0.1, -0.05) is 23.5 Å². The fourth-order valence-corrected chi connectivity index (χ4v) is 3.92. The highest BCUT2D eigenvalue weighted by Gasteiger charge is 2.23. The molecule has 0 atom stereocenters. The van der Waals surface area contributed by atoms with Gasteiger partial charge in [0.15, 0.2) is 10.9 Å². The molecule has 5 nitrogen and oxygen atoms in total. The zero-order valence-electron chi connectivity index (χ0n) is 15.4. The highest BCUT2D eigenvalue weighted by atomic mass is 32.1. The Morgan fingerprint density at radius 3 is 2.69 bits per heavy atom. The van der Waals surface area contributed by atoms with Crippen LogP contribution in [0.3, 0.4) is 0 Å². The van der Waals surface area contributed by atoms with Crippen LogP contribution in [0.15, 0.2) is 59.2 Å². The van der Waals surface area contributed by atoms with Crippen LogP contribution in [0.1, 0.15) is 11.3 Å². The van der Waals surface area contributed by atoms with Gasteiger partial charge in [0, 0.05) is 6.07 Å². The van der Waals surface area contributed by atoms with E-state index in [1.54, 1.807) is 43.5 Å². The third kappa shape index (κ3) is 4.12. The molecule has 8 heteroatoms. The highest BCUT2D eigenvalue weighted by molar-refractivity contribution is 7.22. The van der Waals surface area contributed by atoms with Crippen LogP contribution in [0.4, 0.5) is 13.9 Å². The molecular formula is C21H16F2N2O3S. The number of hydrogen-bond acceptors (Lipinski definition) is 5. The predicted molar refractivity (Wildman–Crippen MR) is 106 cm³/mol. The monoisotopic (exact) mass is 414 g/mol. The van der Waals surface area contributed by atoms with E-state index in [0.717, 1.165) is 23.0 Å². The maximum atomic E-state index is 14.1. The largest absolute Gasteiger partial charge is 0.497 e. The third-order valence-electron chi connectivity index (χ3n) is 4.34. The smallest absolute Gasteiger partial charge is 0.233 e. The van der Waals surface area contributed by atoms with Gasteiger partial charge in [-0.25, -0.2) is 13.8 Å². The molecule has 0 spiro atoms. The highest BCUT2D eigenvalue weighted by Crippen LogP contribution is 2.32. The lowest BCUT2D eigenvalue weighted by molar-refractivity contribution is -0.118. The number of furan rings is 1. The van der Waals surface area contributed by atoms with Crippen molar-refractivity contribution in [3.05, 3.63) is 77.8 Å². The lowest BCUT2D eigenvalue weighted by Crippen LogP contribution is -2.31. The van der Waals surface area contributed by atoms with Gasteiger partial charge in [-0.15, -0.1) is 0 Å². The zero-order chi connectivity index (χ0) is 20.4. The summed E-state index contributed by atoms with van der Waals surface area (Å²) in [6.45, 7) is 0.131. The minimum atomic E-state index is -0.761. The van der Waals surface area contributed by atoms with Crippen molar-refractivity contribution in [2.24, 2.45) is 0 Å². The van der Waals surface area contributed by atoms with Crippen molar-refractivity contribution in [2.45, 2.75) is 13.0 Å². The van der Waals surface area contributed by atoms with Crippen LogP contribution < -0.4 is 9.64 Å². The molecule has 0 saturated carbocycles. The van der Waals surface area contributed by atoms with Gasteiger partial charge in [-0.2, -0.15) is 0 Å². The molecule has 0 fully saturated rings. The van der Waals surface area contributed by atoms with Crippen molar-refractivity contribution in [2.75, 3.05) is 12.0 Å². The number of anilines is 1. The molecule has 29 heavy (non-hydrogen) atoms. The SMILES string of the molecule is COc1ccc(CC(=O)N(Cc2ccco2)c2nc3c(F)cc(F)cc3s2)cc1. The minimum Gasteiger partial charge on any atom is -0.497 e. The number of aromatic nitrogens is 1. The van der Waals surface area contributed by atoms with Crippen molar-refractivity contribution in [1.29, 1.82) is 0 Å². The van der Waals surface area contributed by atoms with E-state index in [2.05, 4.69) is 4.98 Å². The van der Waals surface area contributed by atoms with E-state index in [9.17, 15) is 13.6 Å². The van der Waals surface area contributed by atoms with Gasteiger partial charge in [0.1, 0.15) is 22.8 Å². The van der Waals surface area contributed by atoms with E-state index in [1.807, 2.05) is 0 Å². The predicted octanol–water partition coefficient (Wildman–Crippen LogP) is 4.95. The summed E-state index contributed by atoms with van der Waals surface area (Å²) in [6, 6.07) is 12.6. The van der Waals surface area contributed by atoms with Gasteiger partial charge >= 0.3 is 0 Å². The Bertz CT molecular complexity index is 1140. The lowest BCUT2D eigenvalue weighted by Gasteiger charge is -2.19. The molecule has 2 heterocycles. The number of methoxy groups -OCH3 is 1. The molecule has 4 rings (SSSR count). The van der Waals surface area contributed by atoms with Gasteiger partial charge in [-0.05, 0) is 35.9 Å². The number of thiazole rings is 1. The Morgan fingerprint density at radius 2 is 2.00 bits per heavy atom. The fourth-order valence-electron chi connectivity index (χ4n) is 2.90. The molecule has 0 saturated heterocycles. The van der Waals surface area contributed by atoms with Crippen LogP contribution in [0.2, 0.25) is 0 Å². The molecule has 0 aliphatic rings. The second kappa shape index (κ2) is 8.00. The zero-order valence-corrected chi connectivity index (χ0v) is 16.2. The van der Waals surface area contributed by atoms with Crippen LogP contribution in [0.5, 0.6) is 5.75 Å². The first-order chi connectivity index (χ1) is 14.0. The molecule has 0 aliphatic heterocycles. The van der Waals surface area contributed by atoms with E-state index in [4.69, 9.17) is 9.15 Å². The Balaban J connectivity index is 1.67. The van der Waals surface area contributed by atoms with Gasteiger partial charge < -0.3 is 9.15 Å². The summed E-state index contributed by atoms with van der Waals surface area (Å²) in [5.41, 5.74) is 0.826. The summed E-state index contributed by atoms with van der Waals surface area (Å²) in [5.74, 6) is -0.446. The van der Waals surface area contributed by atoms with E-state index in [-0.39, 0.29) is 29.5 Å². The maximum Gasteiger partial charge on any atom is 0.233 e. The summed E-state index contributed by atoms with van der Waals surface area (Å²) < 4.78 is 38.5. The van der Waals surface area contributed by atoms with Crippen LogP contribution in [0.25, 0.3) is 10.2 Å². The van der Waals surface area contributed by atoms with Gasteiger partial charge in [-0.3, -0.25) is 9.69 Å². The van der Waals surface area contributed by atoms with Crippen LogP contribution in [-0.4, -0.2) is 18.0 Å². The average molecular weight is 414 g/mol. The molecule has 0 unspecified atom stereocenters. The maximum absolute atomic E-state index is 14.1. The molecule has 0 bridgehead atoms. The number of benzene rings is 2. The van der Waals surface area contributed by atoms with E-state index in [1.165, 1.54) is 17.2 Å². The van der Waals surface area contributed by atoms with E-state index < -0.39 is 11.6 Å². The Hall–Kier alpha value is -3.26.